The van der Waals surface area contributed by atoms with Crippen LogP contribution in [0.15, 0.2) is 0 Å². The maximum atomic E-state index is 13.5. The molecule has 12 heteroatoms. The Labute approximate surface area is 217 Å². The Morgan fingerprint density at radius 2 is 1.03 bits per heavy atom. The molecule has 0 atom stereocenters. The minimum Gasteiger partial charge on any atom is -0.373 e. The first kappa shape index (κ1) is 34.9. The number of nitrogens with one attached hydrogen (secondary N) is 1. The zero-order chi connectivity index (χ0) is 28.5. The predicted octanol–water partition coefficient (Wildman–Crippen LogP) is 3.99. The van der Waals surface area contributed by atoms with Gasteiger partial charge in [-0.2, -0.15) is 4.31 Å². The molecular formula is C23H52N2O7S2Si. The molecule has 0 rings (SSSR count). The summed E-state index contributed by atoms with van der Waals surface area (Å²) in [4.78, 5) is 0. The van der Waals surface area contributed by atoms with E-state index in [0.717, 1.165) is 12.5 Å². The van der Waals surface area contributed by atoms with E-state index in [1.807, 2.05) is 62.3 Å². The highest BCUT2D eigenvalue weighted by atomic mass is 32.2. The summed E-state index contributed by atoms with van der Waals surface area (Å²) in [6.07, 6.45) is 2.23. The average Bonchev–Trinajstić information content (AvgIpc) is 2.57. The van der Waals surface area contributed by atoms with Gasteiger partial charge in [0.2, 0.25) is 20.0 Å². The Morgan fingerprint density at radius 3 is 1.29 bits per heavy atom. The van der Waals surface area contributed by atoms with E-state index in [1.165, 1.54) is 4.31 Å². The van der Waals surface area contributed by atoms with Crippen LogP contribution in [0.3, 0.4) is 0 Å². The van der Waals surface area contributed by atoms with Crippen molar-refractivity contribution in [2.75, 3.05) is 32.3 Å². The van der Waals surface area contributed by atoms with Gasteiger partial charge in [0.05, 0.1) is 12.5 Å². The molecule has 0 aromatic carbocycles. The Bertz CT molecular complexity index is 910. The van der Waals surface area contributed by atoms with E-state index >= 15 is 0 Å². The Balaban J connectivity index is 7.28. The Morgan fingerprint density at radius 1 is 0.686 bits per heavy atom. The molecule has 0 aliphatic rings. The van der Waals surface area contributed by atoms with Crippen LogP contribution in [0.2, 0.25) is 5.04 Å². The van der Waals surface area contributed by atoms with Crippen LogP contribution in [0.4, 0.5) is 0 Å². The van der Waals surface area contributed by atoms with E-state index in [0.29, 0.717) is 19.8 Å². The third-order valence-electron chi connectivity index (χ3n) is 8.18. The van der Waals surface area contributed by atoms with Gasteiger partial charge in [-0.3, -0.25) is 0 Å². The van der Waals surface area contributed by atoms with Gasteiger partial charge < -0.3 is 13.3 Å². The van der Waals surface area contributed by atoms with Gasteiger partial charge in [0, 0.05) is 41.5 Å². The minimum absolute atomic E-state index is 0.388. The molecule has 0 aliphatic carbocycles. The van der Waals surface area contributed by atoms with Gasteiger partial charge in [-0.05, 0) is 67.7 Å². The van der Waals surface area contributed by atoms with Crippen LogP contribution < -0.4 is 4.72 Å². The van der Waals surface area contributed by atoms with Crippen molar-refractivity contribution < 1.29 is 30.1 Å². The number of nitrogens with zero attached hydrogens (tertiary/aromatic N) is 1. The largest absolute Gasteiger partial charge is 0.507 e. The fraction of sp³-hybridized carbons (Fsp3) is 1.00. The second-order valence-corrected chi connectivity index (χ2v) is 18.6. The molecule has 1 N–H and O–H groups in total. The molecular weight excluding hydrogens is 508 g/mol. The van der Waals surface area contributed by atoms with E-state index < -0.39 is 55.9 Å². The number of hydrogen-bond acceptors (Lipinski definition) is 7. The first-order valence-corrected chi connectivity index (χ1v) is 17.6. The normalized spacial score (nSPS) is 15.7. The molecule has 0 unspecified atom stereocenters. The average molecular weight is 561 g/mol. The molecule has 0 aromatic rings. The van der Waals surface area contributed by atoms with Crippen molar-refractivity contribution in [2.45, 2.75) is 112 Å². The first-order chi connectivity index (χ1) is 15.3. The van der Waals surface area contributed by atoms with Crippen molar-refractivity contribution in [2.24, 2.45) is 5.41 Å². The monoisotopic (exact) mass is 560 g/mol. The van der Waals surface area contributed by atoms with Crippen LogP contribution in [0.5, 0.6) is 0 Å². The summed E-state index contributed by atoms with van der Waals surface area (Å²) >= 11 is 0. The van der Waals surface area contributed by atoms with Crippen LogP contribution in [0.25, 0.3) is 0 Å². The van der Waals surface area contributed by atoms with Crippen LogP contribution in [0, 0.1) is 5.41 Å². The number of hydrogen-bond donors (Lipinski definition) is 1. The lowest BCUT2D eigenvalue weighted by Crippen LogP contribution is -2.75. The van der Waals surface area contributed by atoms with Crippen LogP contribution in [-0.4, -0.2) is 78.9 Å². The topological polar surface area (TPSA) is 111 Å². The lowest BCUT2D eigenvalue weighted by molar-refractivity contribution is -0.0593. The van der Waals surface area contributed by atoms with Gasteiger partial charge in [-0.1, -0.05) is 27.7 Å². The van der Waals surface area contributed by atoms with Gasteiger partial charge in [-0.15, -0.1) is 0 Å². The van der Waals surface area contributed by atoms with Crippen LogP contribution in [0.1, 0.15) is 90.0 Å². The fourth-order valence-electron chi connectivity index (χ4n) is 5.01. The highest BCUT2D eigenvalue weighted by Gasteiger charge is 2.68. The first-order valence-electron chi connectivity index (χ1n) is 12.2. The lowest BCUT2D eigenvalue weighted by Gasteiger charge is -2.63. The molecule has 35 heavy (non-hydrogen) atoms. The molecule has 212 valence electrons. The molecule has 0 bridgehead atoms. The van der Waals surface area contributed by atoms with Gasteiger partial charge in [0.25, 0.3) is 0 Å². The van der Waals surface area contributed by atoms with E-state index in [4.69, 9.17) is 13.3 Å². The summed E-state index contributed by atoms with van der Waals surface area (Å²) < 4.78 is 74.3. The third-order valence-corrected chi connectivity index (χ3v) is 14.8. The fourth-order valence-corrected chi connectivity index (χ4v) is 11.8. The molecule has 0 fully saturated rings. The molecule has 0 saturated carbocycles. The van der Waals surface area contributed by atoms with Crippen LogP contribution >= 0.6 is 0 Å². The highest BCUT2D eigenvalue weighted by molar-refractivity contribution is 7.89. The second kappa shape index (κ2) is 11.0. The zero-order valence-electron chi connectivity index (χ0n) is 24.7. The van der Waals surface area contributed by atoms with E-state index in [-0.39, 0.29) is 0 Å². The summed E-state index contributed by atoms with van der Waals surface area (Å²) in [6.45, 7) is 25.5. The number of rotatable bonds is 15. The standard InChI is InChI=1S/C23H52N2O7S2Si/c1-16-30-35(31-17-2,32-18-3)23(12,13)19(4,5)21(8,9)25(34(15,28)29)22(10,11)20(6,7)24-33(14,26)27/h24H,16-18H2,1-15H3. The summed E-state index contributed by atoms with van der Waals surface area (Å²) in [6, 6.07) is 0. The zero-order valence-corrected chi connectivity index (χ0v) is 27.4. The van der Waals surface area contributed by atoms with E-state index in [2.05, 4.69) is 4.72 Å². The molecule has 0 amide bonds. The number of sulfonamides is 2. The molecule has 0 spiro atoms. The lowest BCUT2D eigenvalue weighted by atomic mass is 9.64. The van der Waals surface area contributed by atoms with Crippen molar-refractivity contribution in [3.8, 4) is 0 Å². The highest BCUT2D eigenvalue weighted by Crippen LogP contribution is 2.61. The van der Waals surface area contributed by atoms with Gasteiger partial charge in [0.1, 0.15) is 0 Å². The quantitative estimate of drug-likeness (QED) is 0.302. The molecule has 0 saturated heterocycles. The van der Waals surface area contributed by atoms with Crippen molar-refractivity contribution >= 4 is 28.9 Å². The van der Waals surface area contributed by atoms with E-state index in [9.17, 15) is 16.8 Å². The Kier molecular flexibility index (Phi) is 10.9. The van der Waals surface area contributed by atoms with Gasteiger partial charge in [0.15, 0.2) is 0 Å². The van der Waals surface area contributed by atoms with E-state index in [1.54, 1.807) is 27.7 Å². The van der Waals surface area contributed by atoms with Crippen molar-refractivity contribution in [1.29, 1.82) is 0 Å². The van der Waals surface area contributed by atoms with Crippen molar-refractivity contribution in [1.82, 2.24) is 9.03 Å². The van der Waals surface area contributed by atoms with Crippen LogP contribution in [-0.2, 0) is 33.3 Å². The minimum atomic E-state index is -3.85. The van der Waals surface area contributed by atoms with Gasteiger partial charge in [-0.25, -0.2) is 21.6 Å². The summed E-state index contributed by atoms with van der Waals surface area (Å²) in [5, 5.41) is -0.751. The van der Waals surface area contributed by atoms with Crippen molar-refractivity contribution in [3.63, 3.8) is 0 Å². The summed E-state index contributed by atoms with van der Waals surface area (Å²) in [7, 11) is -10.8. The van der Waals surface area contributed by atoms with Crippen molar-refractivity contribution in [3.05, 3.63) is 0 Å². The maximum Gasteiger partial charge on any atom is 0.507 e. The molecule has 0 radical (unpaired) electrons. The summed E-state index contributed by atoms with van der Waals surface area (Å²) in [5.41, 5.74) is -4.15. The smallest absolute Gasteiger partial charge is 0.373 e. The van der Waals surface area contributed by atoms with Gasteiger partial charge >= 0.3 is 8.80 Å². The predicted molar refractivity (Wildman–Crippen MR) is 145 cm³/mol. The molecule has 0 aromatic heterocycles. The molecule has 0 heterocycles. The molecule has 9 nitrogen and oxygen atoms in total. The SMILES string of the molecule is CCO[Si](OCC)(OCC)C(C)(C)C(C)(C)C(C)(C)N(C(C)(C)C(C)(C)NS(C)(=O)=O)S(C)(=O)=O. The molecule has 0 aliphatic heterocycles. The maximum absolute atomic E-state index is 13.5. The second-order valence-electron chi connectivity index (χ2n) is 11.7. The summed E-state index contributed by atoms with van der Waals surface area (Å²) in [5.74, 6) is 0. The third kappa shape index (κ3) is 6.68. The Hall–Kier alpha value is -0.0831.